The minimum atomic E-state index is -0.379. The Morgan fingerprint density at radius 3 is 2.82 bits per heavy atom. The number of ether oxygens (including phenoxy) is 1. The highest BCUT2D eigenvalue weighted by Gasteiger charge is 2.19. The minimum absolute atomic E-state index is 0.135. The lowest BCUT2D eigenvalue weighted by Gasteiger charge is -2.18. The average Bonchev–Trinajstić information content (AvgIpc) is 3.02. The molecule has 0 bridgehead atoms. The summed E-state index contributed by atoms with van der Waals surface area (Å²) in [5.41, 5.74) is 2.73. The molecule has 0 saturated carbocycles. The summed E-state index contributed by atoms with van der Waals surface area (Å²) < 4.78 is 8.75. The van der Waals surface area contributed by atoms with E-state index >= 15 is 0 Å². The van der Waals surface area contributed by atoms with Crippen LogP contribution in [0.5, 0.6) is 5.75 Å². The highest BCUT2D eigenvalue weighted by molar-refractivity contribution is 14.1. The van der Waals surface area contributed by atoms with Crippen molar-refractivity contribution in [3.05, 3.63) is 63.4 Å². The van der Waals surface area contributed by atoms with Gasteiger partial charge in [0.1, 0.15) is 5.75 Å². The highest BCUT2D eigenvalue weighted by atomic mass is 127. The lowest BCUT2D eigenvalue weighted by molar-refractivity contribution is 0.0912. The second kappa shape index (κ2) is 9.43. The summed E-state index contributed by atoms with van der Waals surface area (Å²) in [5, 5.41) is 14.0. The third-order valence-corrected chi connectivity index (χ3v) is 5.32. The Bertz CT molecular complexity index is 968. The molecule has 0 aliphatic rings. The fourth-order valence-electron chi connectivity index (χ4n) is 3.30. The number of carbonyl (C=O) groups excluding carboxylic acids is 1. The second-order valence-corrected chi connectivity index (χ2v) is 8.07. The molecule has 0 unspecified atom stereocenters. The molecule has 5 nitrogen and oxygen atoms in total. The number of hydrogen-bond acceptors (Lipinski definition) is 3. The Balaban J connectivity index is 1.79. The van der Waals surface area contributed by atoms with Crippen molar-refractivity contribution in [3.8, 4) is 5.75 Å². The first-order valence-electron chi connectivity index (χ1n) is 9.40. The molecule has 2 aromatic carbocycles. The molecule has 0 saturated heterocycles. The van der Waals surface area contributed by atoms with Crippen molar-refractivity contribution in [2.24, 2.45) is 7.05 Å². The van der Waals surface area contributed by atoms with E-state index in [1.807, 2.05) is 44.3 Å². The summed E-state index contributed by atoms with van der Waals surface area (Å²) in [4.78, 5) is 12.9. The third-order valence-electron chi connectivity index (χ3n) is 4.65. The Morgan fingerprint density at radius 2 is 2.07 bits per heavy atom. The van der Waals surface area contributed by atoms with Crippen molar-refractivity contribution < 1.29 is 14.6 Å². The van der Waals surface area contributed by atoms with Crippen molar-refractivity contribution in [2.45, 2.75) is 25.8 Å². The molecule has 0 aliphatic carbocycles. The molecule has 3 aromatic rings. The van der Waals surface area contributed by atoms with Crippen molar-refractivity contribution in [3.63, 3.8) is 0 Å². The summed E-state index contributed by atoms with van der Waals surface area (Å²) >= 11 is 2.18. The topological polar surface area (TPSA) is 63.5 Å². The third kappa shape index (κ3) is 4.67. The number of aliphatic hydroxyl groups is 1. The van der Waals surface area contributed by atoms with E-state index in [-0.39, 0.29) is 18.6 Å². The van der Waals surface area contributed by atoms with E-state index in [0.717, 1.165) is 26.5 Å². The predicted molar refractivity (Wildman–Crippen MR) is 120 cm³/mol. The largest absolute Gasteiger partial charge is 0.493 e. The summed E-state index contributed by atoms with van der Waals surface area (Å²) in [6.45, 7) is 2.45. The van der Waals surface area contributed by atoms with Crippen LogP contribution in [0.4, 0.5) is 0 Å². The van der Waals surface area contributed by atoms with E-state index in [1.165, 1.54) is 0 Å². The molecule has 2 N–H and O–H groups in total. The van der Waals surface area contributed by atoms with Crippen LogP contribution in [0, 0.1) is 3.57 Å². The van der Waals surface area contributed by atoms with E-state index in [4.69, 9.17) is 4.74 Å². The van der Waals surface area contributed by atoms with Crippen LogP contribution in [-0.2, 0) is 13.5 Å². The first-order chi connectivity index (χ1) is 13.5. The lowest BCUT2D eigenvalue weighted by Crippen LogP contribution is -2.39. The number of rotatable bonds is 8. The molecule has 0 aliphatic heterocycles. The molecular weight excluding hydrogens is 467 g/mol. The maximum atomic E-state index is 12.9. The first-order valence-corrected chi connectivity index (χ1v) is 10.5. The molecule has 3 rings (SSSR count). The standard InChI is InChI=1S/C22H25IN2O3/c1-3-10-28-21-9-8-16(23)12-19(21)22(27)24-17(14-26)11-15-13-25(2)20-7-5-4-6-18(15)20/h4-9,12-13,17,26H,3,10-11,14H2,1-2H3,(H,24,27)/t17-/m1/s1. The van der Waals surface area contributed by atoms with Crippen LogP contribution in [0.15, 0.2) is 48.7 Å². The van der Waals surface area contributed by atoms with E-state index in [9.17, 15) is 9.90 Å². The smallest absolute Gasteiger partial charge is 0.255 e. The number of para-hydroxylation sites is 1. The minimum Gasteiger partial charge on any atom is -0.493 e. The zero-order chi connectivity index (χ0) is 20.1. The quantitative estimate of drug-likeness (QED) is 0.469. The van der Waals surface area contributed by atoms with Gasteiger partial charge in [0.2, 0.25) is 0 Å². The number of aromatic nitrogens is 1. The van der Waals surface area contributed by atoms with E-state index in [1.54, 1.807) is 0 Å². The maximum Gasteiger partial charge on any atom is 0.255 e. The number of hydrogen-bond donors (Lipinski definition) is 2. The molecule has 0 radical (unpaired) electrons. The number of benzene rings is 2. The Kier molecular flexibility index (Phi) is 6.96. The number of amides is 1. The monoisotopic (exact) mass is 492 g/mol. The van der Waals surface area contributed by atoms with Gasteiger partial charge in [0.05, 0.1) is 24.8 Å². The van der Waals surface area contributed by atoms with Crippen LogP contribution in [0.2, 0.25) is 0 Å². The van der Waals surface area contributed by atoms with Gasteiger partial charge in [-0.15, -0.1) is 0 Å². The summed E-state index contributed by atoms with van der Waals surface area (Å²) in [7, 11) is 2.00. The van der Waals surface area contributed by atoms with Gasteiger partial charge in [-0.1, -0.05) is 25.1 Å². The van der Waals surface area contributed by atoms with Crippen molar-refractivity contribution in [1.82, 2.24) is 9.88 Å². The Hall–Kier alpha value is -2.06. The number of nitrogens with zero attached hydrogens (tertiary/aromatic N) is 1. The molecule has 1 atom stereocenters. The van der Waals surface area contributed by atoms with Crippen LogP contribution < -0.4 is 10.1 Å². The fraction of sp³-hybridized carbons (Fsp3) is 0.318. The van der Waals surface area contributed by atoms with Crippen LogP contribution in [-0.4, -0.2) is 34.8 Å². The van der Waals surface area contributed by atoms with Crippen molar-refractivity contribution in [2.75, 3.05) is 13.2 Å². The molecule has 148 valence electrons. The van der Waals surface area contributed by atoms with Gasteiger partial charge in [-0.25, -0.2) is 0 Å². The maximum absolute atomic E-state index is 12.9. The van der Waals surface area contributed by atoms with Gasteiger partial charge < -0.3 is 19.7 Å². The molecule has 1 amide bonds. The number of aryl methyl sites for hydroxylation is 1. The molecule has 28 heavy (non-hydrogen) atoms. The summed E-state index contributed by atoms with van der Waals surface area (Å²) in [6, 6.07) is 13.3. The highest BCUT2D eigenvalue weighted by Crippen LogP contribution is 2.23. The number of carbonyl (C=O) groups is 1. The molecule has 6 heteroatoms. The Morgan fingerprint density at radius 1 is 1.29 bits per heavy atom. The number of halogens is 1. The van der Waals surface area contributed by atoms with Gasteiger partial charge in [-0.2, -0.15) is 0 Å². The normalized spacial score (nSPS) is 12.1. The van der Waals surface area contributed by atoms with Crippen LogP contribution in [0.25, 0.3) is 10.9 Å². The number of aliphatic hydroxyl groups excluding tert-OH is 1. The summed E-state index contributed by atoms with van der Waals surface area (Å²) in [6.07, 6.45) is 3.48. The van der Waals surface area contributed by atoms with E-state index in [2.05, 4.69) is 50.8 Å². The average molecular weight is 492 g/mol. The second-order valence-electron chi connectivity index (χ2n) is 6.83. The number of fused-ring (bicyclic) bond motifs is 1. The van der Waals surface area contributed by atoms with Gasteiger partial charge in [-0.05, 0) is 65.3 Å². The molecule has 1 heterocycles. The van der Waals surface area contributed by atoms with Crippen LogP contribution >= 0.6 is 22.6 Å². The van der Waals surface area contributed by atoms with Crippen LogP contribution in [0.3, 0.4) is 0 Å². The van der Waals surface area contributed by atoms with E-state index in [0.29, 0.717) is 24.3 Å². The first kappa shape index (κ1) is 20.7. The summed E-state index contributed by atoms with van der Waals surface area (Å²) in [5.74, 6) is 0.338. The van der Waals surface area contributed by atoms with Gasteiger partial charge in [0, 0.05) is 27.7 Å². The lowest BCUT2D eigenvalue weighted by atomic mass is 10.0. The van der Waals surface area contributed by atoms with Gasteiger partial charge in [0.15, 0.2) is 0 Å². The SMILES string of the molecule is CCCOc1ccc(I)cc1C(=O)N[C@@H](CO)Cc1cn(C)c2ccccc12. The zero-order valence-corrected chi connectivity index (χ0v) is 18.3. The zero-order valence-electron chi connectivity index (χ0n) is 16.1. The molecule has 1 aromatic heterocycles. The fourth-order valence-corrected chi connectivity index (χ4v) is 3.79. The van der Waals surface area contributed by atoms with E-state index < -0.39 is 0 Å². The van der Waals surface area contributed by atoms with Gasteiger partial charge in [0.25, 0.3) is 5.91 Å². The molecule has 0 spiro atoms. The molecule has 0 fully saturated rings. The van der Waals surface area contributed by atoms with Gasteiger partial charge in [-0.3, -0.25) is 4.79 Å². The Labute approximate surface area is 178 Å². The van der Waals surface area contributed by atoms with Crippen molar-refractivity contribution in [1.29, 1.82) is 0 Å². The number of nitrogens with one attached hydrogen (secondary N) is 1. The predicted octanol–water partition coefficient (Wildman–Crippen LogP) is 3.91. The molecular formula is C22H25IN2O3. The van der Waals surface area contributed by atoms with Crippen molar-refractivity contribution >= 4 is 39.4 Å². The van der Waals surface area contributed by atoms with Gasteiger partial charge >= 0.3 is 0 Å². The van der Waals surface area contributed by atoms with Crippen LogP contribution in [0.1, 0.15) is 29.3 Å².